The number of hydrogen-bond donors (Lipinski definition) is 1. The number of nitrogens with one attached hydrogen (secondary N) is 1. The zero-order valence-corrected chi connectivity index (χ0v) is 17.5. The van der Waals surface area contributed by atoms with E-state index in [1.54, 1.807) is 28.4 Å². The maximum atomic E-state index is 5.47. The van der Waals surface area contributed by atoms with E-state index in [0.717, 1.165) is 34.0 Å². The van der Waals surface area contributed by atoms with E-state index in [2.05, 4.69) is 13.3 Å². The van der Waals surface area contributed by atoms with Crippen molar-refractivity contribution < 1.29 is 18.9 Å². The van der Waals surface area contributed by atoms with Gasteiger partial charge in [0, 0.05) is 0 Å². The van der Waals surface area contributed by atoms with E-state index in [9.17, 15) is 0 Å². The minimum atomic E-state index is -0.204. The molecule has 0 aliphatic heterocycles. The van der Waals surface area contributed by atoms with Gasteiger partial charge in [0.25, 0.3) is 0 Å². The molecule has 0 aliphatic rings. The molecule has 2 aromatic carbocycles. The van der Waals surface area contributed by atoms with Crippen LogP contribution in [0.15, 0.2) is 30.3 Å². The van der Waals surface area contributed by atoms with Gasteiger partial charge in [-0.25, -0.2) is 0 Å². The van der Waals surface area contributed by atoms with Crippen molar-refractivity contribution in [3.63, 3.8) is 0 Å². The number of rotatable bonds is 7. The van der Waals surface area contributed by atoms with Gasteiger partial charge in [-0.2, -0.15) is 0 Å². The monoisotopic (exact) mass is 435 g/mol. The summed E-state index contributed by atoms with van der Waals surface area (Å²) in [5.74, 6) is 2.49. The van der Waals surface area contributed by atoms with Crippen LogP contribution in [0, 0.1) is 0 Å². The number of methoxy groups -OCH3 is 4. The molecule has 0 bridgehead atoms. The number of hydrogen-bond acceptors (Lipinski definition) is 7. The molecule has 3 rings (SSSR count). The summed E-state index contributed by atoms with van der Waals surface area (Å²) in [6, 6.07) is 9.68. The zero-order chi connectivity index (χ0) is 19.4. The predicted molar refractivity (Wildman–Crippen MR) is 106 cm³/mol. The Bertz CT molecular complexity index is 917. The van der Waals surface area contributed by atoms with Crippen LogP contribution in [0.5, 0.6) is 23.0 Å². The molecule has 0 unspecified atom stereocenters. The van der Waals surface area contributed by atoms with Gasteiger partial charge in [0.1, 0.15) is 0 Å². The second kappa shape index (κ2) is 8.33. The molecule has 1 aromatic heterocycles. The maximum absolute atomic E-state index is 5.47. The van der Waals surface area contributed by atoms with Gasteiger partial charge in [0.05, 0.1) is 0 Å². The van der Waals surface area contributed by atoms with Gasteiger partial charge in [-0.3, -0.25) is 0 Å². The minimum absolute atomic E-state index is 0.204. The molecule has 1 heterocycles. The number of aromatic nitrogens is 2. The van der Waals surface area contributed by atoms with E-state index < -0.39 is 0 Å². The fourth-order valence-corrected chi connectivity index (χ4v) is 4.07. The third kappa shape index (κ3) is 3.59. The molecule has 0 aliphatic carbocycles. The third-order valence-electron chi connectivity index (χ3n) is 4.17. The van der Waals surface area contributed by atoms with Crippen LogP contribution in [0.4, 0.5) is 5.69 Å². The van der Waals surface area contributed by atoms with E-state index in [4.69, 9.17) is 18.9 Å². The summed E-state index contributed by atoms with van der Waals surface area (Å²) in [6.45, 7) is 0. The average molecular weight is 434 g/mol. The molecular weight excluding hydrogens is 413 g/mol. The van der Waals surface area contributed by atoms with E-state index in [1.165, 1.54) is 0 Å². The predicted octanol–water partition coefficient (Wildman–Crippen LogP) is 2.94. The molecule has 0 spiro atoms. The normalized spacial score (nSPS) is 10.4. The van der Waals surface area contributed by atoms with Crippen molar-refractivity contribution in [2.75, 3.05) is 40.8 Å². The molecular formula is C19H21N3O4Se. The Morgan fingerprint density at radius 1 is 0.741 bits per heavy atom. The van der Waals surface area contributed by atoms with E-state index in [0.29, 0.717) is 17.2 Å². The van der Waals surface area contributed by atoms with E-state index >= 15 is 0 Å². The Hall–Kier alpha value is -2.70. The van der Waals surface area contributed by atoms with E-state index in [1.807, 2.05) is 37.4 Å². The Kier molecular flexibility index (Phi) is 5.88. The number of benzene rings is 2. The van der Waals surface area contributed by atoms with Gasteiger partial charge in [0.15, 0.2) is 0 Å². The summed E-state index contributed by atoms with van der Waals surface area (Å²) in [6.07, 6.45) is 0. The molecule has 0 fully saturated rings. The second-order valence-electron chi connectivity index (χ2n) is 5.54. The quantitative estimate of drug-likeness (QED) is 0.573. The Balaban J connectivity index is 2.13. The van der Waals surface area contributed by atoms with Gasteiger partial charge in [0.2, 0.25) is 0 Å². The Morgan fingerprint density at radius 3 is 1.85 bits per heavy atom. The van der Waals surface area contributed by atoms with Crippen LogP contribution < -0.4 is 24.3 Å². The van der Waals surface area contributed by atoms with Crippen LogP contribution in [0.2, 0.25) is 0 Å². The second-order valence-corrected chi connectivity index (χ2v) is 6.65. The van der Waals surface area contributed by atoms with Crippen LogP contribution in [-0.4, -0.2) is 58.4 Å². The van der Waals surface area contributed by atoms with Gasteiger partial charge < -0.3 is 0 Å². The molecule has 27 heavy (non-hydrogen) atoms. The summed E-state index contributed by atoms with van der Waals surface area (Å²) in [5.41, 5.74) is 4.36. The summed E-state index contributed by atoms with van der Waals surface area (Å²) < 4.78 is 31.0. The fourth-order valence-electron chi connectivity index (χ4n) is 2.84. The van der Waals surface area contributed by atoms with Gasteiger partial charge >= 0.3 is 164 Å². The molecule has 0 radical (unpaired) electrons. The topological polar surface area (TPSA) is 74.7 Å². The summed E-state index contributed by atoms with van der Waals surface area (Å²) in [4.78, 5) is 0. The number of nitrogens with zero attached hydrogens (tertiary/aromatic N) is 2. The standard InChI is InChI=1S/C19H21N3O4Se/c1-20-13-8-11(6-7-14(13)23-2)17-18(22-27-21-17)12-9-15(24-3)19(26-5)16(10-12)25-4/h6-10,20H,1-5H3. The first-order valence-electron chi connectivity index (χ1n) is 8.15. The first-order valence-corrected chi connectivity index (χ1v) is 9.69. The van der Waals surface area contributed by atoms with Gasteiger partial charge in [-0.05, 0) is 0 Å². The molecule has 0 atom stereocenters. The van der Waals surface area contributed by atoms with Crippen molar-refractivity contribution in [3.8, 4) is 45.5 Å². The van der Waals surface area contributed by atoms with Crippen molar-refractivity contribution in [1.29, 1.82) is 0 Å². The Morgan fingerprint density at radius 2 is 1.33 bits per heavy atom. The van der Waals surface area contributed by atoms with Crippen molar-refractivity contribution in [2.45, 2.75) is 0 Å². The van der Waals surface area contributed by atoms with Crippen molar-refractivity contribution in [1.82, 2.24) is 7.96 Å². The van der Waals surface area contributed by atoms with Crippen molar-refractivity contribution in [2.24, 2.45) is 0 Å². The number of ether oxygens (including phenoxy) is 4. The fraction of sp³-hybridized carbons (Fsp3) is 0.263. The molecule has 0 amide bonds. The summed E-state index contributed by atoms with van der Waals surface area (Å²) in [5, 5.41) is 3.15. The molecule has 142 valence electrons. The first kappa shape index (κ1) is 19.1. The Labute approximate surface area is 164 Å². The van der Waals surface area contributed by atoms with E-state index in [-0.39, 0.29) is 15.0 Å². The molecule has 3 aromatic rings. The van der Waals surface area contributed by atoms with Gasteiger partial charge in [-0.15, -0.1) is 0 Å². The van der Waals surface area contributed by atoms with Crippen LogP contribution in [-0.2, 0) is 0 Å². The van der Waals surface area contributed by atoms with Crippen LogP contribution in [0.3, 0.4) is 0 Å². The summed E-state index contributed by atoms with van der Waals surface area (Å²) >= 11 is -0.204. The first-order chi connectivity index (χ1) is 13.2. The van der Waals surface area contributed by atoms with Crippen LogP contribution in [0.25, 0.3) is 22.5 Å². The number of anilines is 1. The molecule has 1 N–H and O–H groups in total. The molecule has 7 nitrogen and oxygen atoms in total. The molecule has 8 heteroatoms. The SMILES string of the molecule is CNc1cc(-c2n[se]nc2-c2cc(OC)c(OC)c(OC)c2)ccc1OC. The van der Waals surface area contributed by atoms with Crippen LogP contribution >= 0.6 is 0 Å². The third-order valence-corrected chi connectivity index (χ3v) is 5.28. The molecule has 0 saturated heterocycles. The zero-order valence-electron chi connectivity index (χ0n) is 15.8. The average Bonchev–Trinajstić information content (AvgIpc) is 3.21. The van der Waals surface area contributed by atoms with Crippen molar-refractivity contribution in [3.05, 3.63) is 30.3 Å². The molecule has 0 saturated carbocycles. The van der Waals surface area contributed by atoms with Gasteiger partial charge in [-0.1, -0.05) is 0 Å². The van der Waals surface area contributed by atoms with Crippen molar-refractivity contribution >= 4 is 20.6 Å². The summed E-state index contributed by atoms with van der Waals surface area (Å²) in [7, 11) is 8.28. The van der Waals surface area contributed by atoms with Crippen LogP contribution in [0.1, 0.15) is 0 Å².